The lowest BCUT2D eigenvalue weighted by molar-refractivity contribution is 0.179. The molecule has 0 aliphatic heterocycles. The monoisotopic (exact) mass is 256 g/mol. The van der Waals surface area contributed by atoms with Gasteiger partial charge < -0.3 is 20.7 Å². The fraction of sp³-hybridized carbons (Fsp3) is 0.923. The Morgan fingerprint density at radius 1 is 1.50 bits per heavy atom. The predicted molar refractivity (Wildman–Crippen MR) is 75.8 cm³/mol. The van der Waals surface area contributed by atoms with Gasteiger partial charge in [-0.1, -0.05) is 12.8 Å². The molecule has 0 amide bonds. The highest BCUT2D eigenvalue weighted by molar-refractivity contribution is 5.78. The van der Waals surface area contributed by atoms with Crippen LogP contribution in [0.15, 0.2) is 4.99 Å². The molecule has 18 heavy (non-hydrogen) atoms. The summed E-state index contributed by atoms with van der Waals surface area (Å²) in [5.74, 6) is 0.513. The molecule has 0 bridgehead atoms. The van der Waals surface area contributed by atoms with Crippen molar-refractivity contribution in [3.63, 3.8) is 0 Å². The summed E-state index contributed by atoms with van der Waals surface area (Å²) in [4.78, 5) is 6.75. The van der Waals surface area contributed by atoms with E-state index in [1.165, 1.54) is 25.7 Å². The number of rotatable bonds is 7. The molecule has 1 unspecified atom stereocenters. The minimum absolute atomic E-state index is 0.200. The van der Waals surface area contributed by atoms with E-state index in [0.29, 0.717) is 12.6 Å². The van der Waals surface area contributed by atoms with Crippen molar-refractivity contribution >= 4 is 5.96 Å². The fourth-order valence-electron chi connectivity index (χ4n) is 2.45. The van der Waals surface area contributed by atoms with Crippen LogP contribution in [-0.4, -0.2) is 56.8 Å². The summed E-state index contributed by atoms with van der Waals surface area (Å²) in [6.07, 6.45) is 5.41. The molecule has 1 atom stereocenters. The molecule has 0 radical (unpaired) electrons. The second kappa shape index (κ2) is 8.32. The number of aliphatic imine (C=N–C) groups is 1. The van der Waals surface area contributed by atoms with Crippen LogP contribution < -0.4 is 11.1 Å². The van der Waals surface area contributed by atoms with Crippen molar-refractivity contribution < 1.29 is 4.74 Å². The zero-order valence-corrected chi connectivity index (χ0v) is 12.0. The molecule has 5 heteroatoms. The summed E-state index contributed by atoms with van der Waals surface area (Å²) in [7, 11) is 3.87. The Labute approximate surface area is 111 Å². The summed E-state index contributed by atoms with van der Waals surface area (Å²) < 4.78 is 5.03. The number of hydrogen-bond donors (Lipinski definition) is 2. The van der Waals surface area contributed by atoms with Gasteiger partial charge in [-0.25, -0.2) is 0 Å². The summed E-state index contributed by atoms with van der Waals surface area (Å²) in [6.45, 7) is 4.39. The second-order valence-corrected chi connectivity index (χ2v) is 5.19. The SMILES string of the molecule is COCC(C)NC(N)=NCCN(C)C1CCCC1. The third kappa shape index (κ3) is 5.69. The second-order valence-electron chi connectivity index (χ2n) is 5.19. The largest absolute Gasteiger partial charge is 0.383 e. The quantitative estimate of drug-likeness (QED) is 0.522. The first-order valence-electron chi connectivity index (χ1n) is 6.89. The molecular formula is C13H28N4O. The van der Waals surface area contributed by atoms with Gasteiger partial charge in [-0.3, -0.25) is 4.99 Å². The topological polar surface area (TPSA) is 62.9 Å². The molecule has 0 aromatic heterocycles. The van der Waals surface area contributed by atoms with Crippen molar-refractivity contribution in [2.24, 2.45) is 10.7 Å². The molecule has 0 aromatic rings. The molecular weight excluding hydrogens is 228 g/mol. The van der Waals surface area contributed by atoms with Crippen molar-refractivity contribution in [3.05, 3.63) is 0 Å². The molecule has 106 valence electrons. The van der Waals surface area contributed by atoms with Crippen molar-refractivity contribution in [1.82, 2.24) is 10.2 Å². The van der Waals surface area contributed by atoms with Crippen LogP contribution >= 0.6 is 0 Å². The fourth-order valence-corrected chi connectivity index (χ4v) is 2.45. The summed E-state index contributed by atoms with van der Waals surface area (Å²) in [6, 6.07) is 0.952. The molecule has 5 nitrogen and oxygen atoms in total. The van der Waals surface area contributed by atoms with Crippen LogP contribution in [0.1, 0.15) is 32.6 Å². The average Bonchev–Trinajstić information content (AvgIpc) is 2.82. The van der Waals surface area contributed by atoms with E-state index in [4.69, 9.17) is 10.5 Å². The van der Waals surface area contributed by atoms with Gasteiger partial charge in [-0.15, -0.1) is 0 Å². The minimum Gasteiger partial charge on any atom is -0.383 e. The van der Waals surface area contributed by atoms with Gasteiger partial charge in [0.15, 0.2) is 5.96 Å². The number of hydrogen-bond acceptors (Lipinski definition) is 3. The minimum atomic E-state index is 0.200. The van der Waals surface area contributed by atoms with Gasteiger partial charge in [0.1, 0.15) is 0 Å². The highest BCUT2D eigenvalue weighted by atomic mass is 16.5. The van der Waals surface area contributed by atoms with Crippen molar-refractivity contribution in [2.75, 3.05) is 33.9 Å². The van der Waals surface area contributed by atoms with E-state index in [1.807, 2.05) is 6.92 Å². The highest BCUT2D eigenvalue weighted by Gasteiger charge is 2.18. The molecule has 0 heterocycles. The average molecular weight is 256 g/mol. The molecule has 1 saturated carbocycles. The Balaban J connectivity index is 2.17. The Kier molecular flexibility index (Phi) is 7.05. The van der Waals surface area contributed by atoms with Crippen LogP contribution in [0.5, 0.6) is 0 Å². The Bertz CT molecular complexity index is 251. The number of nitrogens with one attached hydrogen (secondary N) is 1. The lowest BCUT2D eigenvalue weighted by Gasteiger charge is -2.23. The van der Waals surface area contributed by atoms with E-state index in [2.05, 4.69) is 22.3 Å². The van der Waals surface area contributed by atoms with Crippen molar-refractivity contribution in [3.8, 4) is 0 Å². The predicted octanol–water partition coefficient (Wildman–Crippen LogP) is 0.800. The van der Waals surface area contributed by atoms with E-state index in [1.54, 1.807) is 7.11 Å². The summed E-state index contributed by atoms with van der Waals surface area (Å²) in [5, 5.41) is 3.11. The summed E-state index contributed by atoms with van der Waals surface area (Å²) >= 11 is 0. The number of nitrogens with zero attached hydrogens (tertiary/aromatic N) is 2. The zero-order valence-electron chi connectivity index (χ0n) is 12.0. The van der Waals surface area contributed by atoms with Crippen LogP contribution in [0.4, 0.5) is 0 Å². The number of ether oxygens (including phenoxy) is 1. The molecule has 0 saturated heterocycles. The van der Waals surface area contributed by atoms with Crippen LogP contribution in [0.3, 0.4) is 0 Å². The van der Waals surface area contributed by atoms with Gasteiger partial charge in [0.05, 0.1) is 13.2 Å². The molecule has 3 N–H and O–H groups in total. The van der Waals surface area contributed by atoms with Crippen molar-refractivity contribution in [2.45, 2.75) is 44.7 Å². The molecule has 1 aliphatic carbocycles. The van der Waals surface area contributed by atoms with E-state index in [9.17, 15) is 0 Å². The zero-order chi connectivity index (χ0) is 13.4. The molecule has 1 aliphatic rings. The number of nitrogens with two attached hydrogens (primary N) is 1. The van der Waals surface area contributed by atoms with Crippen LogP contribution in [0.25, 0.3) is 0 Å². The first kappa shape index (κ1) is 15.2. The maximum atomic E-state index is 5.81. The Morgan fingerprint density at radius 3 is 2.78 bits per heavy atom. The molecule has 0 aromatic carbocycles. The lowest BCUT2D eigenvalue weighted by atomic mass is 10.2. The van der Waals surface area contributed by atoms with Crippen LogP contribution in [-0.2, 0) is 4.74 Å². The van der Waals surface area contributed by atoms with Gasteiger partial charge >= 0.3 is 0 Å². The number of guanidine groups is 1. The Morgan fingerprint density at radius 2 is 2.17 bits per heavy atom. The number of methoxy groups -OCH3 is 1. The highest BCUT2D eigenvalue weighted by Crippen LogP contribution is 2.21. The maximum absolute atomic E-state index is 5.81. The van der Waals surface area contributed by atoms with Crippen LogP contribution in [0, 0.1) is 0 Å². The van der Waals surface area contributed by atoms with Crippen molar-refractivity contribution in [1.29, 1.82) is 0 Å². The van der Waals surface area contributed by atoms with Gasteiger partial charge in [-0.2, -0.15) is 0 Å². The van der Waals surface area contributed by atoms with E-state index < -0.39 is 0 Å². The van der Waals surface area contributed by atoms with Gasteiger partial charge in [-0.05, 0) is 26.8 Å². The standard InChI is InChI=1S/C13H28N4O/c1-11(10-18-3)16-13(14)15-8-9-17(2)12-6-4-5-7-12/h11-12H,4-10H2,1-3H3,(H3,14,15,16). The molecule has 1 rings (SSSR count). The van der Waals surface area contributed by atoms with Gasteiger partial charge in [0.25, 0.3) is 0 Å². The maximum Gasteiger partial charge on any atom is 0.188 e. The lowest BCUT2D eigenvalue weighted by Crippen LogP contribution is -2.41. The normalized spacial score (nSPS) is 19.4. The number of likely N-dealkylation sites (N-methyl/N-ethyl adjacent to an activating group) is 1. The van der Waals surface area contributed by atoms with Crippen LogP contribution in [0.2, 0.25) is 0 Å². The van der Waals surface area contributed by atoms with E-state index in [0.717, 1.165) is 19.1 Å². The third-order valence-corrected chi connectivity index (χ3v) is 3.49. The first-order valence-corrected chi connectivity index (χ1v) is 6.89. The smallest absolute Gasteiger partial charge is 0.188 e. The van der Waals surface area contributed by atoms with Gasteiger partial charge in [0.2, 0.25) is 0 Å². The Hall–Kier alpha value is -0.810. The molecule has 0 spiro atoms. The van der Waals surface area contributed by atoms with Gasteiger partial charge in [0, 0.05) is 25.7 Å². The first-order chi connectivity index (χ1) is 8.63. The third-order valence-electron chi connectivity index (χ3n) is 3.49. The summed E-state index contributed by atoms with van der Waals surface area (Å²) in [5.41, 5.74) is 5.81. The van der Waals surface area contributed by atoms with E-state index >= 15 is 0 Å². The van der Waals surface area contributed by atoms with E-state index in [-0.39, 0.29) is 6.04 Å². The molecule has 1 fully saturated rings.